The second kappa shape index (κ2) is 7.95. The third-order valence-electron chi connectivity index (χ3n) is 5.31. The molecule has 3 rings (SSSR count). The first kappa shape index (κ1) is 20.4. The first-order valence-corrected chi connectivity index (χ1v) is 11.5. The number of rotatable bonds is 6. The molecule has 28 heavy (non-hydrogen) atoms. The molecule has 0 bridgehead atoms. The fourth-order valence-corrected chi connectivity index (χ4v) is 4.74. The predicted molar refractivity (Wildman–Crippen MR) is 113 cm³/mol. The summed E-state index contributed by atoms with van der Waals surface area (Å²) >= 11 is 0. The summed E-state index contributed by atoms with van der Waals surface area (Å²) in [6, 6.07) is 11.7. The van der Waals surface area contributed by atoms with Crippen LogP contribution in [-0.2, 0) is 27.7 Å². The molecule has 1 amide bonds. The van der Waals surface area contributed by atoms with E-state index in [0.717, 1.165) is 35.8 Å². The van der Waals surface area contributed by atoms with Crippen molar-refractivity contribution in [3.63, 3.8) is 0 Å². The minimum Gasteiger partial charge on any atom is -0.348 e. The number of carbonyl (C=O) groups excluding carboxylic acids is 1. The lowest BCUT2D eigenvalue weighted by atomic mass is 10.0. The van der Waals surface area contributed by atoms with Crippen LogP contribution in [0.25, 0.3) is 0 Å². The number of benzene rings is 2. The highest BCUT2D eigenvalue weighted by Gasteiger charge is 2.23. The molecule has 0 spiro atoms. The molecule has 6 heteroatoms. The Morgan fingerprint density at radius 1 is 1.11 bits per heavy atom. The quantitative estimate of drug-likeness (QED) is 0.808. The standard InChI is InChI=1S/C22H28N2O3S/c1-15-8-11-21(16(2)12-15)24(28(4,26)27)14-22(25)23-17(3)19-10-9-18-6-5-7-20(18)13-19/h8-13,17H,5-7,14H2,1-4H3,(H,23,25). The van der Waals surface area contributed by atoms with E-state index in [1.54, 1.807) is 6.07 Å². The molecule has 0 aromatic heterocycles. The molecule has 1 N–H and O–H groups in total. The third-order valence-corrected chi connectivity index (χ3v) is 6.44. The Balaban J connectivity index is 1.75. The van der Waals surface area contributed by atoms with Crippen LogP contribution < -0.4 is 9.62 Å². The van der Waals surface area contributed by atoms with Crippen molar-refractivity contribution >= 4 is 21.6 Å². The number of amides is 1. The van der Waals surface area contributed by atoms with E-state index in [-0.39, 0.29) is 18.5 Å². The van der Waals surface area contributed by atoms with Crippen molar-refractivity contribution in [1.82, 2.24) is 5.32 Å². The molecule has 0 heterocycles. The van der Waals surface area contributed by atoms with Crippen LogP contribution in [0.2, 0.25) is 0 Å². The zero-order valence-corrected chi connectivity index (χ0v) is 17.8. The van der Waals surface area contributed by atoms with E-state index in [0.29, 0.717) is 5.69 Å². The largest absolute Gasteiger partial charge is 0.348 e. The number of aryl methyl sites for hydroxylation is 4. The van der Waals surface area contributed by atoms with Crippen molar-refractivity contribution < 1.29 is 13.2 Å². The van der Waals surface area contributed by atoms with E-state index in [4.69, 9.17) is 0 Å². The van der Waals surface area contributed by atoms with E-state index < -0.39 is 10.0 Å². The number of fused-ring (bicyclic) bond motifs is 1. The van der Waals surface area contributed by atoms with Gasteiger partial charge >= 0.3 is 0 Å². The summed E-state index contributed by atoms with van der Waals surface area (Å²) in [5.41, 5.74) is 6.20. The minimum atomic E-state index is -3.58. The molecular weight excluding hydrogens is 372 g/mol. The van der Waals surface area contributed by atoms with Crippen molar-refractivity contribution in [2.24, 2.45) is 0 Å². The van der Waals surface area contributed by atoms with Gasteiger partial charge in [0.2, 0.25) is 15.9 Å². The van der Waals surface area contributed by atoms with Gasteiger partial charge in [-0.25, -0.2) is 8.42 Å². The molecule has 0 radical (unpaired) electrons. The molecule has 5 nitrogen and oxygen atoms in total. The summed E-state index contributed by atoms with van der Waals surface area (Å²) in [5, 5.41) is 2.95. The topological polar surface area (TPSA) is 66.5 Å². The molecule has 150 valence electrons. The molecule has 1 unspecified atom stereocenters. The van der Waals surface area contributed by atoms with Crippen LogP contribution in [0.5, 0.6) is 0 Å². The van der Waals surface area contributed by atoms with Gasteiger partial charge in [-0.05, 0) is 68.4 Å². The molecule has 0 aliphatic heterocycles. The summed E-state index contributed by atoms with van der Waals surface area (Å²) in [6.07, 6.45) is 4.51. The second-order valence-corrected chi connectivity index (χ2v) is 9.64. The monoisotopic (exact) mass is 400 g/mol. The summed E-state index contributed by atoms with van der Waals surface area (Å²) in [5.74, 6) is -0.321. The van der Waals surface area contributed by atoms with Gasteiger partial charge in [-0.3, -0.25) is 9.10 Å². The molecule has 0 saturated heterocycles. The average molecular weight is 401 g/mol. The Morgan fingerprint density at radius 3 is 2.50 bits per heavy atom. The number of sulfonamides is 1. The number of nitrogens with zero attached hydrogens (tertiary/aromatic N) is 1. The van der Waals surface area contributed by atoms with Crippen molar-refractivity contribution in [1.29, 1.82) is 0 Å². The van der Waals surface area contributed by atoms with Gasteiger partial charge in [0.05, 0.1) is 18.0 Å². The molecule has 2 aromatic carbocycles. The van der Waals surface area contributed by atoms with Crippen LogP contribution in [0.15, 0.2) is 36.4 Å². The van der Waals surface area contributed by atoms with E-state index >= 15 is 0 Å². The maximum Gasteiger partial charge on any atom is 0.241 e. The lowest BCUT2D eigenvalue weighted by molar-refractivity contribution is -0.120. The zero-order chi connectivity index (χ0) is 20.5. The molecule has 0 saturated carbocycles. The Kier molecular flexibility index (Phi) is 5.79. The Morgan fingerprint density at radius 2 is 1.82 bits per heavy atom. The normalized spacial score (nSPS) is 14.4. The second-order valence-electron chi connectivity index (χ2n) is 7.73. The van der Waals surface area contributed by atoms with Crippen molar-refractivity contribution in [3.8, 4) is 0 Å². The Labute approximate surface area is 167 Å². The van der Waals surface area contributed by atoms with Crippen LogP contribution >= 0.6 is 0 Å². The van der Waals surface area contributed by atoms with E-state index in [9.17, 15) is 13.2 Å². The fraction of sp³-hybridized carbons (Fsp3) is 0.409. The summed E-state index contributed by atoms with van der Waals surface area (Å²) in [6.45, 7) is 5.49. The number of hydrogen-bond donors (Lipinski definition) is 1. The first-order valence-electron chi connectivity index (χ1n) is 9.61. The minimum absolute atomic E-state index is 0.182. The number of carbonyl (C=O) groups is 1. The maximum atomic E-state index is 12.7. The maximum absolute atomic E-state index is 12.7. The molecule has 1 atom stereocenters. The van der Waals surface area contributed by atoms with Gasteiger partial charge < -0.3 is 5.32 Å². The van der Waals surface area contributed by atoms with Crippen molar-refractivity contribution in [2.75, 3.05) is 17.1 Å². The van der Waals surface area contributed by atoms with E-state index in [1.807, 2.05) is 39.0 Å². The number of anilines is 1. The van der Waals surface area contributed by atoms with Gasteiger partial charge in [0.25, 0.3) is 0 Å². The van der Waals surface area contributed by atoms with Crippen LogP contribution in [0.1, 0.15) is 47.2 Å². The van der Waals surface area contributed by atoms with Gasteiger partial charge in [0, 0.05) is 0 Å². The first-order chi connectivity index (χ1) is 13.1. The molecule has 1 aliphatic rings. The Bertz CT molecular complexity index is 999. The number of hydrogen-bond acceptors (Lipinski definition) is 3. The average Bonchev–Trinajstić information content (AvgIpc) is 3.07. The highest BCUT2D eigenvalue weighted by molar-refractivity contribution is 7.92. The van der Waals surface area contributed by atoms with Crippen LogP contribution in [0.4, 0.5) is 5.69 Å². The van der Waals surface area contributed by atoms with Crippen LogP contribution in [0.3, 0.4) is 0 Å². The smallest absolute Gasteiger partial charge is 0.241 e. The van der Waals surface area contributed by atoms with E-state index in [1.165, 1.54) is 21.9 Å². The lowest BCUT2D eigenvalue weighted by Crippen LogP contribution is -2.41. The van der Waals surface area contributed by atoms with Crippen LogP contribution in [0, 0.1) is 13.8 Å². The fourth-order valence-electron chi connectivity index (χ4n) is 3.83. The molecule has 1 aliphatic carbocycles. The molecular formula is C22H28N2O3S. The number of nitrogens with one attached hydrogen (secondary N) is 1. The van der Waals surface area contributed by atoms with Gasteiger partial charge in [-0.1, -0.05) is 35.9 Å². The summed E-state index contributed by atoms with van der Waals surface area (Å²) in [4.78, 5) is 12.7. The SMILES string of the molecule is Cc1ccc(N(CC(=O)NC(C)c2ccc3c(c2)CCC3)S(C)(=O)=O)c(C)c1. The van der Waals surface area contributed by atoms with Gasteiger partial charge in [0.1, 0.15) is 6.54 Å². The van der Waals surface area contributed by atoms with Crippen molar-refractivity contribution in [2.45, 2.75) is 46.1 Å². The third kappa shape index (κ3) is 4.55. The summed E-state index contributed by atoms with van der Waals surface area (Å²) in [7, 11) is -3.58. The summed E-state index contributed by atoms with van der Waals surface area (Å²) < 4.78 is 25.8. The zero-order valence-electron chi connectivity index (χ0n) is 17.0. The van der Waals surface area contributed by atoms with Gasteiger partial charge in [-0.2, -0.15) is 0 Å². The molecule has 0 fully saturated rings. The Hall–Kier alpha value is -2.34. The van der Waals surface area contributed by atoms with E-state index in [2.05, 4.69) is 17.4 Å². The van der Waals surface area contributed by atoms with Crippen LogP contribution in [-0.4, -0.2) is 27.1 Å². The highest BCUT2D eigenvalue weighted by atomic mass is 32.2. The van der Waals surface area contributed by atoms with Gasteiger partial charge in [0.15, 0.2) is 0 Å². The highest BCUT2D eigenvalue weighted by Crippen LogP contribution is 2.26. The van der Waals surface area contributed by atoms with Crippen molar-refractivity contribution in [3.05, 3.63) is 64.2 Å². The van der Waals surface area contributed by atoms with Gasteiger partial charge in [-0.15, -0.1) is 0 Å². The molecule has 2 aromatic rings. The predicted octanol–water partition coefficient (Wildman–Crippen LogP) is 3.44. The lowest BCUT2D eigenvalue weighted by Gasteiger charge is -2.25.